The monoisotopic (exact) mass is 390 g/mol. The molecule has 0 unspecified atom stereocenters. The minimum Gasteiger partial charge on any atom is -0.494 e. The maximum Gasteiger partial charge on any atom is 0.410 e. The molecule has 0 atom stereocenters. The number of hydrogen-bond donors (Lipinski definition) is 0. The smallest absolute Gasteiger partial charge is 0.410 e. The van der Waals surface area contributed by atoms with Crippen molar-refractivity contribution in [1.82, 2.24) is 9.80 Å². The summed E-state index contributed by atoms with van der Waals surface area (Å²) in [5.41, 5.74) is -0.467. The van der Waals surface area contributed by atoms with Crippen LogP contribution in [-0.4, -0.2) is 60.7 Å². The number of piperidine rings is 1. The van der Waals surface area contributed by atoms with Crippen molar-refractivity contribution in [3.8, 4) is 5.75 Å². The van der Waals surface area contributed by atoms with E-state index in [0.717, 1.165) is 25.1 Å². The molecule has 0 spiro atoms. The summed E-state index contributed by atoms with van der Waals surface area (Å²) in [6.45, 7) is 8.28. The van der Waals surface area contributed by atoms with Crippen LogP contribution in [0.4, 0.5) is 4.79 Å². The quantitative estimate of drug-likeness (QED) is 0.662. The highest BCUT2D eigenvalue weighted by Crippen LogP contribution is 2.20. The lowest BCUT2D eigenvalue weighted by Gasteiger charge is -2.34. The number of nitrogens with zero attached hydrogens (tertiary/aromatic N) is 2. The lowest BCUT2D eigenvalue weighted by molar-refractivity contribution is -0.130. The van der Waals surface area contributed by atoms with E-state index in [1.165, 1.54) is 0 Å². The van der Waals surface area contributed by atoms with E-state index in [1.807, 2.05) is 63.1 Å². The molecule has 1 aromatic rings. The van der Waals surface area contributed by atoms with Crippen LogP contribution in [0.5, 0.6) is 5.75 Å². The predicted octanol–water partition coefficient (Wildman–Crippen LogP) is 3.95. The normalized spacial score (nSPS) is 15.2. The number of para-hydroxylation sites is 1. The van der Waals surface area contributed by atoms with Gasteiger partial charge >= 0.3 is 6.09 Å². The first-order valence-electron chi connectivity index (χ1n) is 10.1. The van der Waals surface area contributed by atoms with E-state index >= 15 is 0 Å². The third-order valence-electron chi connectivity index (χ3n) is 4.77. The molecule has 1 heterocycles. The zero-order chi connectivity index (χ0) is 20.6. The van der Waals surface area contributed by atoms with Crippen molar-refractivity contribution >= 4 is 12.0 Å². The maximum atomic E-state index is 12.3. The molecular weight excluding hydrogens is 356 g/mol. The van der Waals surface area contributed by atoms with Crippen molar-refractivity contribution in [3.05, 3.63) is 30.3 Å². The Bertz CT molecular complexity index is 619. The van der Waals surface area contributed by atoms with E-state index in [9.17, 15) is 9.59 Å². The van der Waals surface area contributed by atoms with E-state index in [2.05, 4.69) is 0 Å². The molecule has 0 aromatic heterocycles. The fraction of sp³-hybridized carbons (Fsp3) is 0.636. The standard InChI is InChI=1S/C22H34N2O4/c1-22(2,3)28-21(26)24-14-12-18(13-15-24)17-23(4)20(25)11-8-16-27-19-9-6-5-7-10-19/h5-7,9-10,18H,8,11-17H2,1-4H3. The van der Waals surface area contributed by atoms with E-state index in [-0.39, 0.29) is 12.0 Å². The van der Waals surface area contributed by atoms with Gasteiger partial charge in [0.05, 0.1) is 6.61 Å². The topological polar surface area (TPSA) is 59.1 Å². The fourth-order valence-corrected chi connectivity index (χ4v) is 3.23. The van der Waals surface area contributed by atoms with Crippen LogP contribution in [0.1, 0.15) is 46.5 Å². The molecule has 6 heteroatoms. The minimum absolute atomic E-state index is 0.145. The van der Waals surface area contributed by atoms with Crippen molar-refractivity contribution < 1.29 is 19.1 Å². The van der Waals surface area contributed by atoms with E-state index in [4.69, 9.17) is 9.47 Å². The van der Waals surface area contributed by atoms with Crippen molar-refractivity contribution in [2.24, 2.45) is 5.92 Å². The van der Waals surface area contributed by atoms with Gasteiger partial charge in [-0.05, 0) is 58.1 Å². The second-order valence-electron chi connectivity index (χ2n) is 8.45. The van der Waals surface area contributed by atoms with Crippen molar-refractivity contribution in [1.29, 1.82) is 0 Å². The lowest BCUT2D eigenvalue weighted by Crippen LogP contribution is -2.44. The molecule has 6 nitrogen and oxygen atoms in total. The van der Waals surface area contributed by atoms with Gasteiger partial charge in [0.2, 0.25) is 5.91 Å². The van der Waals surface area contributed by atoms with Gasteiger partial charge < -0.3 is 19.3 Å². The number of hydrogen-bond acceptors (Lipinski definition) is 4. The van der Waals surface area contributed by atoms with E-state index in [0.29, 0.717) is 38.5 Å². The molecule has 2 amide bonds. The number of benzene rings is 1. The third kappa shape index (κ3) is 7.79. The molecule has 156 valence electrons. The van der Waals surface area contributed by atoms with Crippen LogP contribution >= 0.6 is 0 Å². The Morgan fingerprint density at radius 3 is 2.39 bits per heavy atom. The second-order valence-corrected chi connectivity index (χ2v) is 8.45. The van der Waals surface area contributed by atoms with Crippen LogP contribution in [0.25, 0.3) is 0 Å². The molecule has 0 aliphatic carbocycles. The van der Waals surface area contributed by atoms with Gasteiger partial charge in [0, 0.05) is 33.1 Å². The van der Waals surface area contributed by atoms with Gasteiger partial charge in [0.15, 0.2) is 0 Å². The average Bonchev–Trinajstić information content (AvgIpc) is 2.65. The Morgan fingerprint density at radius 2 is 1.79 bits per heavy atom. The molecule has 0 bridgehead atoms. The highest BCUT2D eigenvalue weighted by atomic mass is 16.6. The first kappa shape index (κ1) is 22.1. The number of rotatable bonds is 7. The Labute approximate surface area is 168 Å². The molecule has 0 N–H and O–H groups in total. The molecule has 1 aromatic carbocycles. The highest BCUT2D eigenvalue weighted by Gasteiger charge is 2.27. The Hall–Kier alpha value is -2.24. The van der Waals surface area contributed by atoms with Crippen molar-refractivity contribution in [2.45, 2.75) is 52.1 Å². The van der Waals surface area contributed by atoms with Gasteiger partial charge in [-0.1, -0.05) is 18.2 Å². The molecule has 1 saturated heterocycles. The Kier molecular flexibility index (Phi) is 8.15. The Morgan fingerprint density at radius 1 is 1.14 bits per heavy atom. The van der Waals surface area contributed by atoms with Crippen LogP contribution in [-0.2, 0) is 9.53 Å². The summed E-state index contributed by atoms with van der Waals surface area (Å²) in [5, 5.41) is 0. The summed E-state index contributed by atoms with van der Waals surface area (Å²) in [6, 6.07) is 9.64. The average molecular weight is 391 g/mol. The third-order valence-corrected chi connectivity index (χ3v) is 4.77. The van der Waals surface area contributed by atoms with Gasteiger partial charge in [-0.25, -0.2) is 4.79 Å². The Balaban J connectivity index is 1.62. The summed E-state index contributed by atoms with van der Waals surface area (Å²) in [4.78, 5) is 28.1. The molecule has 0 saturated carbocycles. The minimum atomic E-state index is -0.467. The summed E-state index contributed by atoms with van der Waals surface area (Å²) in [5.74, 6) is 1.40. The molecule has 1 aliphatic rings. The van der Waals surface area contributed by atoms with Gasteiger partial charge in [-0.2, -0.15) is 0 Å². The molecule has 1 fully saturated rings. The van der Waals surface area contributed by atoms with Gasteiger partial charge in [-0.3, -0.25) is 4.79 Å². The van der Waals surface area contributed by atoms with Crippen LogP contribution in [0.15, 0.2) is 30.3 Å². The van der Waals surface area contributed by atoms with Crippen molar-refractivity contribution in [3.63, 3.8) is 0 Å². The molecular formula is C22H34N2O4. The molecule has 2 rings (SSSR count). The maximum absolute atomic E-state index is 12.3. The number of likely N-dealkylation sites (tertiary alicyclic amines) is 1. The summed E-state index contributed by atoms with van der Waals surface area (Å²) in [7, 11) is 1.86. The summed E-state index contributed by atoms with van der Waals surface area (Å²) >= 11 is 0. The van der Waals surface area contributed by atoms with E-state index in [1.54, 1.807) is 4.90 Å². The predicted molar refractivity (Wildman–Crippen MR) is 109 cm³/mol. The SMILES string of the molecule is CN(CC1CCN(C(=O)OC(C)(C)C)CC1)C(=O)CCCOc1ccccc1. The molecule has 1 aliphatic heterocycles. The zero-order valence-electron chi connectivity index (χ0n) is 17.6. The lowest BCUT2D eigenvalue weighted by atomic mass is 9.96. The first-order valence-corrected chi connectivity index (χ1v) is 10.1. The number of ether oxygens (including phenoxy) is 2. The van der Waals surface area contributed by atoms with Crippen LogP contribution in [0.3, 0.4) is 0 Å². The zero-order valence-corrected chi connectivity index (χ0v) is 17.6. The largest absolute Gasteiger partial charge is 0.494 e. The second kappa shape index (κ2) is 10.3. The van der Waals surface area contributed by atoms with E-state index < -0.39 is 5.60 Å². The van der Waals surface area contributed by atoms with Gasteiger partial charge in [0.1, 0.15) is 11.4 Å². The number of amides is 2. The van der Waals surface area contributed by atoms with Crippen LogP contribution < -0.4 is 4.74 Å². The molecule has 28 heavy (non-hydrogen) atoms. The molecule has 0 radical (unpaired) electrons. The van der Waals surface area contributed by atoms with Crippen LogP contribution in [0.2, 0.25) is 0 Å². The summed E-state index contributed by atoms with van der Waals surface area (Å²) in [6.07, 6.45) is 2.74. The van der Waals surface area contributed by atoms with Crippen LogP contribution in [0, 0.1) is 5.92 Å². The van der Waals surface area contributed by atoms with Gasteiger partial charge in [-0.15, -0.1) is 0 Å². The van der Waals surface area contributed by atoms with Gasteiger partial charge in [0.25, 0.3) is 0 Å². The number of carbonyl (C=O) groups is 2. The first-order chi connectivity index (χ1) is 13.2. The highest BCUT2D eigenvalue weighted by molar-refractivity contribution is 5.75. The number of carbonyl (C=O) groups excluding carboxylic acids is 2. The fourth-order valence-electron chi connectivity index (χ4n) is 3.23. The van der Waals surface area contributed by atoms with Crippen molar-refractivity contribution in [2.75, 3.05) is 33.3 Å². The summed E-state index contributed by atoms with van der Waals surface area (Å²) < 4.78 is 11.1.